The van der Waals surface area contributed by atoms with E-state index in [4.69, 9.17) is 15.2 Å². The molecule has 0 aliphatic carbocycles. The highest BCUT2D eigenvalue weighted by molar-refractivity contribution is 6.00. The number of allylic oxidation sites excluding steroid dienone is 1. The summed E-state index contributed by atoms with van der Waals surface area (Å²) in [4.78, 5) is 25.1. The summed E-state index contributed by atoms with van der Waals surface area (Å²) in [6.07, 6.45) is -0.372. The van der Waals surface area contributed by atoms with Crippen molar-refractivity contribution in [3.05, 3.63) is 58.1 Å². The zero-order chi connectivity index (χ0) is 19.4. The Hall–Kier alpha value is -3.27. The number of hydrogen-bond acceptors (Lipinski definition) is 7. The van der Waals surface area contributed by atoms with Gasteiger partial charge in [-0.05, 0) is 32.4 Å². The van der Waals surface area contributed by atoms with E-state index in [0.29, 0.717) is 16.8 Å². The average Bonchev–Trinajstić information content (AvgIpc) is 2.59. The quantitative estimate of drug-likeness (QED) is 0.792. The van der Waals surface area contributed by atoms with E-state index in [1.165, 1.54) is 7.11 Å². The number of methoxy groups -OCH3 is 1. The fourth-order valence-electron chi connectivity index (χ4n) is 2.90. The molecule has 136 valence electrons. The van der Waals surface area contributed by atoms with Crippen LogP contribution in [0.2, 0.25) is 0 Å². The van der Waals surface area contributed by atoms with Crippen LogP contribution in [-0.4, -0.2) is 25.2 Å². The summed E-state index contributed by atoms with van der Waals surface area (Å²) in [6, 6.07) is 8.82. The molecule has 1 atom stereocenters. The van der Waals surface area contributed by atoms with Gasteiger partial charge in [-0.2, -0.15) is 5.26 Å². The molecular weight excluding hydrogens is 334 g/mol. The van der Waals surface area contributed by atoms with Gasteiger partial charge in [0, 0.05) is 5.70 Å². The number of hydrogen-bond donors (Lipinski definition) is 2. The summed E-state index contributed by atoms with van der Waals surface area (Å²) in [5.74, 6) is -2.06. The number of esters is 2. The molecule has 0 spiro atoms. The number of carbonyl (C=O) groups is 2. The lowest BCUT2D eigenvalue weighted by atomic mass is 9.79. The third kappa shape index (κ3) is 3.54. The lowest BCUT2D eigenvalue weighted by Crippen LogP contribution is -2.36. The second kappa shape index (κ2) is 7.74. The van der Waals surface area contributed by atoms with Gasteiger partial charge in [0.25, 0.3) is 0 Å². The maximum atomic E-state index is 12.7. The van der Waals surface area contributed by atoms with Crippen molar-refractivity contribution in [2.45, 2.75) is 32.8 Å². The van der Waals surface area contributed by atoms with Crippen LogP contribution in [0.4, 0.5) is 0 Å². The predicted octanol–water partition coefficient (Wildman–Crippen LogP) is 1.81. The number of nitriles is 1. The van der Waals surface area contributed by atoms with Crippen molar-refractivity contribution >= 4 is 11.9 Å². The highest BCUT2D eigenvalue weighted by Crippen LogP contribution is 2.39. The third-order valence-corrected chi connectivity index (χ3v) is 3.95. The van der Waals surface area contributed by atoms with Crippen molar-refractivity contribution in [3.63, 3.8) is 0 Å². The summed E-state index contributed by atoms with van der Waals surface area (Å²) in [5.41, 5.74) is 7.62. The van der Waals surface area contributed by atoms with Crippen LogP contribution in [0.15, 0.2) is 46.9 Å². The zero-order valence-electron chi connectivity index (χ0n) is 15.1. The molecule has 1 heterocycles. The van der Waals surface area contributed by atoms with Crippen molar-refractivity contribution < 1.29 is 19.1 Å². The molecule has 1 aliphatic rings. The Kier molecular flexibility index (Phi) is 5.68. The molecule has 2 rings (SSSR count). The number of ether oxygens (including phenoxy) is 2. The Labute approximate surface area is 152 Å². The molecule has 1 aromatic carbocycles. The van der Waals surface area contributed by atoms with Crippen molar-refractivity contribution in [1.82, 2.24) is 5.32 Å². The second-order valence-electron chi connectivity index (χ2n) is 6.07. The van der Waals surface area contributed by atoms with Crippen LogP contribution in [0.1, 0.15) is 37.8 Å². The summed E-state index contributed by atoms with van der Waals surface area (Å²) in [7, 11) is 1.25. The SMILES string of the molecule is COC(=O)C1=C(C)NC(N)=C(C(=O)OC(C)C)C1c1ccccc1C#N. The number of carbonyl (C=O) groups excluding carboxylic acids is 2. The molecule has 0 saturated carbocycles. The van der Waals surface area contributed by atoms with Gasteiger partial charge in [0.2, 0.25) is 0 Å². The molecule has 0 bridgehead atoms. The molecule has 26 heavy (non-hydrogen) atoms. The first-order chi connectivity index (χ1) is 12.3. The van der Waals surface area contributed by atoms with Crippen molar-refractivity contribution in [2.75, 3.05) is 7.11 Å². The van der Waals surface area contributed by atoms with Crippen LogP contribution in [0, 0.1) is 11.3 Å². The standard InChI is InChI=1S/C19H21N3O4/c1-10(2)26-19(24)16-15(13-8-6-5-7-12(13)9-20)14(18(23)25-4)11(3)22-17(16)21/h5-8,10,15,22H,21H2,1-4H3. The first-order valence-corrected chi connectivity index (χ1v) is 8.07. The van der Waals surface area contributed by atoms with Crippen molar-refractivity contribution in [2.24, 2.45) is 5.73 Å². The van der Waals surface area contributed by atoms with Crippen LogP contribution in [0.3, 0.4) is 0 Å². The van der Waals surface area contributed by atoms with E-state index < -0.39 is 17.9 Å². The number of nitrogens with zero attached hydrogens (tertiary/aromatic N) is 1. The Balaban J connectivity index is 2.73. The molecule has 0 radical (unpaired) electrons. The van der Waals surface area contributed by atoms with Gasteiger partial charge in [-0.1, -0.05) is 18.2 Å². The van der Waals surface area contributed by atoms with Crippen LogP contribution in [0.25, 0.3) is 0 Å². The van der Waals surface area contributed by atoms with Crippen molar-refractivity contribution in [3.8, 4) is 6.07 Å². The highest BCUT2D eigenvalue weighted by Gasteiger charge is 2.39. The number of nitrogens with two attached hydrogens (primary N) is 1. The van der Waals surface area contributed by atoms with E-state index in [1.54, 1.807) is 45.0 Å². The van der Waals surface area contributed by atoms with Gasteiger partial charge >= 0.3 is 11.9 Å². The Morgan fingerprint density at radius 1 is 1.23 bits per heavy atom. The molecule has 1 aliphatic heterocycles. The second-order valence-corrected chi connectivity index (χ2v) is 6.07. The molecule has 0 saturated heterocycles. The summed E-state index contributed by atoms with van der Waals surface area (Å²) >= 11 is 0. The van der Waals surface area contributed by atoms with Crippen molar-refractivity contribution in [1.29, 1.82) is 5.26 Å². The molecule has 0 fully saturated rings. The van der Waals surface area contributed by atoms with E-state index in [1.807, 2.05) is 0 Å². The fourth-order valence-corrected chi connectivity index (χ4v) is 2.90. The van der Waals surface area contributed by atoms with E-state index in [-0.39, 0.29) is 23.1 Å². The van der Waals surface area contributed by atoms with Gasteiger partial charge in [-0.15, -0.1) is 0 Å². The van der Waals surface area contributed by atoms with E-state index in [0.717, 1.165) is 0 Å². The number of nitrogens with one attached hydrogen (secondary N) is 1. The van der Waals surface area contributed by atoms with E-state index in [9.17, 15) is 14.9 Å². The zero-order valence-corrected chi connectivity index (χ0v) is 15.1. The van der Waals surface area contributed by atoms with Gasteiger partial charge in [0.15, 0.2) is 0 Å². The molecule has 1 unspecified atom stereocenters. The highest BCUT2D eigenvalue weighted by atomic mass is 16.5. The molecule has 0 amide bonds. The third-order valence-electron chi connectivity index (χ3n) is 3.95. The minimum Gasteiger partial charge on any atom is -0.466 e. The van der Waals surface area contributed by atoms with Gasteiger partial charge in [-0.3, -0.25) is 0 Å². The Morgan fingerprint density at radius 3 is 2.46 bits per heavy atom. The van der Waals surface area contributed by atoms with Gasteiger partial charge < -0.3 is 20.5 Å². The Morgan fingerprint density at radius 2 is 1.88 bits per heavy atom. The summed E-state index contributed by atoms with van der Waals surface area (Å²) < 4.78 is 10.2. The average molecular weight is 355 g/mol. The number of dihydropyridines is 1. The predicted molar refractivity (Wildman–Crippen MR) is 94.2 cm³/mol. The molecule has 1 aromatic rings. The van der Waals surface area contributed by atoms with Crippen LogP contribution < -0.4 is 11.1 Å². The largest absolute Gasteiger partial charge is 0.466 e. The number of rotatable bonds is 4. The van der Waals surface area contributed by atoms with Gasteiger partial charge in [0.05, 0.1) is 41.9 Å². The summed E-state index contributed by atoms with van der Waals surface area (Å²) in [5, 5.41) is 12.3. The van der Waals surface area contributed by atoms with Crippen LogP contribution >= 0.6 is 0 Å². The molecule has 7 heteroatoms. The first-order valence-electron chi connectivity index (χ1n) is 8.07. The number of benzene rings is 1. The van der Waals surface area contributed by atoms with E-state index >= 15 is 0 Å². The molecule has 0 aromatic heterocycles. The first kappa shape index (κ1) is 19.1. The minimum absolute atomic E-state index is 0.0763. The minimum atomic E-state index is -0.870. The smallest absolute Gasteiger partial charge is 0.338 e. The van der Waals surface area contributed by atoms with Gasteiger partial charge in [-0.25, -0.2) is 9.59 Å². The van der Waals surface area contributed by atoms with Crippen LogP contribution in [0.5, 0.6) is 0 Å². The molecule has 3 N–H and O–H groups in total. The lowest BCUT2D eigenvalue weighted by Gasteiger charge is -2.30. The topological polar surface area (TPSA) is 114 Å². The summed E-state index contributed by atoms with van der Waals surface area (Å²) in [6.45, 7) is 5.09. The van der Waals surface area contributed by atoms with Gasteiger partial charge in [0.1, 0.15) is 5.82 Å². The Bertz CT molecular complexity index is 847. The maximum absolute atomic E-state index is 12.7. The van der Waals surface area contributed by atoms with E-state index in [2.05, 4.69) is 11.4 Å². The normalized spacial score (nSPS) is 16.8. The van der Waals surface area contributed by atoms with Crippen LogP contribution in [-0.2, 0) is 19.1 Å². The molecule has 7 nitrogen and oxygen atoms in total. The maximum Gasteiger partial charge on any atom is 0.338 e. The lowest BCUT2D eigenvalue weighted by molar-refractivity contribution is -0.143. The monoisotopic (exact) mass is 355 g/mol. The molecular formula is C19H21N3O4. The fraction of sp³-hybridized carbons (Fsp3) is 0.316.